The van der Waals surface area contributed by atoms with Gasteiger partial charge < -0.3 is 15.4 Å². The number of anilines is 2. The van der Waals surface area contributed by atoms with Gasteiger partial charge in [0, 0.05) is 13.1 Å². The van der Waals surface area contributed by atoms with Gasteiger partial charge in [-0.1, -0.05) is 30.3 Å². The van der Waals surface area contributed by atoms with E-state index >= 15 is 0 Å². The van der Waals surface area contributed by atoms with Crippen LogP contribution in [-0.2, 0) is 12.8 Å². The van der Waals surface area contributed by atoms with Crippen LogP contribution >= 0.6 is 0 Å². The Balaban J connectivity index is 1.84. The third kappa shape index (κ3) is 2.82. The van der Waals surface area contributed by atoms with Gasteiger partial charge in [-0.3, -0.25) is 0 Å². The third-order valence-electron chi connectivity index (χ3n) is 4.10. The van der Waals surface area contributed by atoms with Crippen molar-refractivity contribution in [3.8, 4) is 5.75 Å². The number of rotatable bonds is 3. The fraction of sp³-hybridized carbons (Fsp3) is 0.333. The molecular weight excluding hydrogens is 260 g/mol. The number of nitrogens with two attached hydrogens (primary N) is 1. The molecule has 0 spiro atoms. The molecule has 0 bridgehead atoms. The molecule has 0 aliphatic carbocycles. The van der Waals surface area contributed by atoms with Crippen molar-refractivity contribution in [3.05, 3.63) is 53.6 Å². The first kappa shape index (κ1) is 13.8. The van der Waals surface area contributed by atoms with Crippen LogP contribution in [0.25, 0.3) is 0 Å². The first-order valence-electron chi connectivity index (χ1n) is 7.62. The number of nitrogen functional groups attached to an aromatic ring is 1. The fourth-order valence-corrected chi connectivity index (χ4v) is 3.00. The number of hydrogen-bond donors (Lipinski definition) is 1. The zero-order valence-corrected chi connectivity index (χ0v) is 12.5. The third-order valence-corrected chi connectivity index (χ3v) is 4.10. The van der Waals surface area contributed by atoms with Gasteiger partial charge >= 0.3 is 0 Å². The standard InChI is InChI=1S/C18H22N2O/c1-2-21-17-9-5-8-16(18(17)19)20-12-10-14-6-3-4-7-15(14)11-13-20/h3-9H,2,10-13,19H2,1H3. The second-order valence-corrected chi connectivity index (χ2v) is 5.38. The van der Waals surface area contributed by atoms with Crippen LogP contribution in [0.1, 0.15) is 18.1 Å². The van der Waals surface area contributed by atoms with E-state index in [0.717, 1.165) is 43.1 Å². The second kappa shape index (κ2) is 6.08. The lowest BCUT2D eigenvalue weighted by molar-refractivity contribution is 0.342. The minimum atomic E-state index is 0.638. The molecule has 3 rings (SSSR count). The van der Waals surface area contributed by atoms with Crippen LogP contribution in [-0.4, -0.2) is 19.7 Å². The van der Waals surface area contributed by atoms with Crippen LogP contribution in [0.2, 0.25) is 0 Å². The van der Waals surface area contributed by atoms with Gasteiger partial charge in [0.25, 0.3) is 0 Å². The number of fused-ring (bicyclic) bond motifs is 1. The number of para-hydroxylation sites is 1. The Hall–Kier alpha value is -2.16. The lowest BCUT2D eigenvalue weighted by Gasteiger charge is -2.25. The Morgan fingerprint density at radius 1 is 1.00 bits per heavy atom. The molecule has 2 N–H and O–H groups in total. The average Bonchev–Trinajstić information content (AvgIpc) is 2.72. The highest BCUT2D eigenvalue weighted by Gasteiger charge is 2.17. The summed E-state index contributed by atoms with van der Waals surface area (Å²) >= 11 is 0. The molecule has 2 aromatic rings. The maximum absolute atomic E-state index is 6.29. The summed E-state index contributed by atoms with van der Waals surface area (Å²) in [5.74, 6) is 0.789. The summed E-state index contributed by atoms with van der Waals surface area (Å²) in [4.78, 5) is 2.37. The quantitative estimate of drug-likeness (QED) is 0.878. The minimum Gasteiger partial charge on any atom is -0.492 e. The van der Waals surface area contributed by atoms with Gasteiger partial charge in [0.05, 0.1) is 18.0 Å². The Bertz CT molecular complexity index is 597. The largest absolute Gasteiger partial charge is 0.492 e. The molecule has 0 fully saturated rings. The first-order chi connectivity index (χ1) is 10.3. The van der Waals surface area contributed by atoms with Crippen LogP contribution in [0.3, 0.4) is 0 Å². The lowest BCUT2D eigenvalue weighted by atomic mass is 10.0. The Morgan fingerprint density at radius 2 is 1.67 bits per heavy atom. The molecule has 3 nitrogen and oxygen atoms in total. The van der Waals surface area contributed by atoms with Gasteiger partial charge in [-0.25, -0.2) is 0 Å². The van der Waals surface area contributed by atoms with Gasteiger partial charge in [0.2, 0.25) is 0 Å². The summed E-state index contributed by atoms with van der Waals surface area (Å²) in [5.41, 5.74) is 11.1. The van der Waals surface area contributed by atoms with E-state index in [1.54, 1.807) is 0 Å². The predicted octanol–water partition coefficient (Wildman–Crippen LogP) is 3.27. The smallest absolute Gasteiger partial charge is 0.144 e. The monoisotopic (exact) mass is 282 g/mol. The first-order valence-corrected chi connectivity index (χ1v) is 7.62. The molecule has 0 aromatic heterocycles. The topological polar surface area (TPSA) is 38.5 Å². The predicted molar refractivity (Wildman–Crippen MR) is 88.1 cm³/mol. The van der Waals surface area contributed by atoms with E-state index in [-0.39, 0.29) is 0 Å². The summed E-state index contributed by atoms with van der Waals surface area (Å²) in [6, 6.07) is 14.8. The van der Waals surface area contributed by atoms with E-state index in [1.807, 2.05) is 19.1 Å². The van der Waals surface area contributed by atoms with Crippen molar-refractivity contribution in [2.24, 2.45) is 0 Å². The zero-order valence-electron chi connectivity index (χ0n) is 12.5. The van der Waals surface area contributed by atoms with Crippen LogP contribution in [0.15, 0.2) is 42.5 Å². The summed E-state index contributed by atoms with van der Waals surface area (Å²) in [6.45, 7) is 4.61. The van der Waals surface area contributed by atoms with Crippen molar-refractivity contribution in [2.45, 2.75) is 19.8 Å². The van der Waals surface area contributed by atoms with E-state index in [9.17, 15) is 0 Å². The number of hydrogen-bond acceptors (Lipinski definition) is 3. The number of benzene rings is 2. The van der Waals surface area contributed by atoms with Gasteiger partial charge in [-0.15, -0.1) is 0 Å². The lowest BCUT2D eigenvalue weighted by Crippen LogP contribution is -2.27. The van der Waals surface area contributed by atoms with Crippen LogP contribution in [0.5, 0.6) is 5.75 Å². The van der Waals surface area contributed by atoms with Crippen molar-refractivity contribution in [1.82, 2.24) is 0 Å². The van der Waals surface area contributed by atoms with Gasteiger partial charge in [-0.05, 0) is 43.0 Å². The summed E-state index contributed by atoms with van der Waals surface area (Å²) < 4.78 is 5.61. The van der Waals surface area contributed by atoms with Crippen molar-refractivity contribution >= 4 is 11.4 Å². The minimum absolute atomic E-state index is 0.638. The van der Waals surface area contributed by atoms with Crippen LogP contribution in [0.4, 0.5) is 11.4 Å². The highest BCUT2D eigenvalue weighted by atomic mass is 16.5. The summed E-state index contributed by atoms with van der Waals surface area (Å²) in [7, 11) is 0. The molecule has 21 heavy (non-hydrogen) atoms. The van der Waals surface area contributed by atoms with E-state index < -0.39 is 0 Å². The fourth-order valence-electron chi connectivity index (χ4n) is 3.00. The molecule has 0 saturated carbocycles. The molecule has 0 atom stereocenters. The maximum atomic E-state index is 6.29. The van der Waals surface area contributed by atoms with Gasteiger partial charge in [0.1, 0.15) is 5.75 Å². The highest BCUT2D eigenvalue weighted by Crippen LogP contribution is 2.33. The second-order valence-electron chi connectivity index (χ2n) is 5.38. The molecule has 0 unspecified atom stereocenters. The van der Waals surface area contributed by atoms with Crippen LogP contribution in [0, 0.1) is 0 Å². The zero-order chi connectivity index (χ0) is 14.7. The molecule has 0 amide bonds. The van der Waals surface area contributed by atoms with E-state index in [0.29, 0.717) is 6.61 Å². The number of nitrogens with zero attached hydrogens (tertiary/aromatic N) is 1. The van der Waals surface area contributed by atoms with Crippen molar-refractivity contribution in [3.63, 3.8) is 0 Å². The van der Waals surface area contributed by atoms with Gasteiger partial charge in [0.15, 0.2) is 0 Å². The molecule has 0 saturated heterocycles. The van der Waals surface area contributed by atoms with Crippen molar-refractivity contribution < 1.29 is 4.74 Å². The highest BCUT2D eigenvalue weighted by molar-refractivity contribution is 5.74. The SMILES string of the molecule is CCOc1cccc(N2CCc3ccccc3CC2)c1N. The Labute approximate surface area is 126 Å². The van der Waals surface area contributed by atoms with Gasteiger partial charge in [-0.2, -0.15) is 0 Å². The summed E-state index contributed by atoms with van der Waals surface area (Å²) in [6.07, 6.45) is 2.13. The van der Waals surface area contributed by atoms with E-state index in [2.05, 4.69) is 35.2 Å². The van der Waals surface area contributed by atoms with E-state index in [4.69, 9.17) is 10.5 Å². The van der Waals surface area contributed by atoms with E-state index in [1.165, 1.54) is 11.1 Å². The van der Waals surface area contributed by atoms with Crippen LogP contribution < -0.4 is 15.4 Å². The summed E-state index contributed by atoms with van der Waals surface area (Å²) in [5, 5.41) is 0. The molecular formula is C18H22N2O. The van der Waals surface area contributed by atoms with Crippen molar-refractivity contribution in [2.75, 3.05) is 30.3 Å². The maximum Gasteiger partial charge on any atom is 0.144 e. The Morgan fingerprint density at radius 3 is 2.29 bits per heavy atom. The molecule has 3 heteroatoms. The molecule has 1 aliphatic heterocycles. The average molecular weight is 282 g/mol. The number of ether oxygens (including phenoxy) is 1. The normalized spacial score (nSPS) is 14.4. The molecule has 1 aliphatic rings. The Kier molecular flexibility index (Phi) is 4.00. The molecule has 2 aromatic carbocycles. The molecule has 1 heterocycles. The molecule has 110 valence electrons. The molecule has 0 radical (unpaired) electrons. The van der Waals surface area contributed by atoms with Crippen molar-refractivity contribution in [1.29, 1.82) is 0 Å².